The van der Waals surface area contributed by atoms with Crippen molar-refractivity contribution in [3.63, 3.8) is 0 Å². The summed E-state index contributed by atoms with van der Waals surface area (Å²) < 4.78 is 19.7. The van der Waals surface area contributed by atoms with Gasteiger partial charge in [-0.1, -0.05) is 6.07 Å². The molecule has 3 rings (SSSR count). The number of halogens is 1. The van der Waals surface area contributed by atoms with Crippen molar-refractivity contribution < 1.29 is 18.7 Å². The molecule has 1 heterocycles. The summed E-state index contributed by atoms with van der Waals surface area (Å²) in [7, 11) is 0. The molecule has 1 aromatic heterocycles. The topological polar surface area (TPSA) is 80.3 Å². The van der Waals surface area contributed by atoms with Crippen LogP contribution in [0.1, 0.15) is 29.8 Å². The lowest BCUT2D eigenvalue weighted by Gasteiger charge is -2.09. The van der Waals surface area contributed by atoms with Gasteiger partial charge in [0.1, 0.15) is 5.75 Å². The molecule has 2 aromatic carbocycles. The van der Waals surface area contributed by atoms with E-state index in [2.05, 4.69) is 15.6 Å². The molecule has 0 atom stereocenters. The molecule has 0 aliphatic carbocycles. The van der Waals surface area contributed by atoms with Crippen molar-refractivity contribution in [2.24, 2.45) is 0 Å². The molecule has 2 amide bonds. The summed E-state index contributed by atoms with van der Waals surface area (Å²) in [4.78, 5) is 28.0. The molecule has 158 valence electrons. The highest BCUT2D eigenvalue weighted by Crippen LogP contribution is 2.24. The molecule has 31 heavy (non-hydrogen) atoms. The van der Waals surface area contributed by atoms with Crippen LogP contribution in [0.5, 0.6) is 11.5 Å². The monoisotopic (exact) mass is 419 g/mol. The van der Waals surface area contributed by atoms with Crippen LogP contribution < -0.4 is 15.4 Å². The Morgan fingerprint density at radius 1 is 1.10 bits per heavy atom. The average Bonchev–Trinajstić information content (AvgIpc) is 2.75. The predicted octanol–water partition coefficient (Wildman–Crippen LogP) is 4.80. The van der Waals surface area contributed by atoms with Crippen LogP contribution in [-0.4, -0.2) is 22.8 Å². The van der Waals surface area contributed by atoms with E-state index in [1.807, 2.05) is 13.8 Å². The van der Waals surface area contributed by atoms with Gasteiger partial charge in [0.2, 0.25) is 5.91 Å². The second kappa shape index (κ2) is 10.2. The number of nitrogens with one attached hydrogen (secondary N) is 2. The standard InChI is InChI=1S/C24H22FN3O3/c1-16(2)27-24(30)18-7-9-19(10-8-18)28-23(29)12-6-17-5-11-22(21(25)14-17)31-20-4-3-13-26-15-20/h3-16H,1-2H3,(H,27,30)(H,28,29)/b12-6+. The van der Waals surface area contributed by atoms with Gasteiger partial charge in [-0.05, 0) is 74.0 Å². The van der Waals surface area contributed by atoms with Crippen molar-refractivity contribution in [1.82, 2.24) is 10.3 Å². The van der Waals surface area contributed by atoms with Gasteiger partial charge < -0.3 is 15.4 Å². The molecule has 0 radical (unpaired) electrons. The number of hydrogen-bond acceptors (Lipinski definition) is 4. The van der Waals surface area contributed by atoms with E-state index in [4.69, 9.17) is 4.74 Å². The molecular formula is C24H22FN3O3. The summed E-state index contributed by atoms with van der Waals surface area (Å²) in [5.41, 5.74) is 1.56. The van der Waals surface area contributed by atoms with Crippen molar-refractivity contribution in [3.8, 4) is 11.5 Å². The Morgan fingerprint density at radius 3 is 2.52 bits per heavy atom. The van der Waals surface area contributed by atoms with Gasteiger partial charge >= 0.3 is 0 Å². The molecule has 3 aromatic rings. The fourth-order valence-electron chi connectivity index (χ4n) is 2.64. The van der Waals surface area contributed by atoms with Crippen molar-refractivity contribution in [3.05, 3.63) is 90.0 Å². The number of nitrogens with zero attached hydrogens (tertiary/aromatic N) is 1. The summed E-state index contributed by atoms with van der Waals surface area (Å²) in [6.45, 7) is 3.76. The maximum Gasteiger partial charge on any atom is 0.251 e. The minimum Gasteiger partial charge on any atom is -0.453 e. The maximum atomic E-state index is 14.3. The summed E-state index contributed by atoms with van der Waals surface area (Å²) in [5.74, 6) is -0.615. The first-order chi connectivity index (χ1) is 14.9. The third kappa shape index (κ3) is 6.50. The SMILES string of the molecule is CC(C)NC(=O)c1ccc(NC(=O)/C=C/c2ccc(Oc3cccnc3)c(F)c2)cc1. The number of ether oxygens (including phenoxy) is 1. The fourth-order valence-corrected chi connectivity index (χ4v) is 2.64. The van der Waals surface area contributed by atoms with Gasteiger partial charge in [0.05, 0.1) is 6.20 Å². The van der Waals surface area contributed by atoms with E-state index in [-0.39, 0.29) is 23.6 Å². The summed E-state index contributed by atoms with van der Waals surface area (Å²) >= 11 is 0. The minimum absolute atomic E-state index is 0.0397. The van der Waals surface area contributed by atoms with Gasteiger partial charge in [0.25, 0.3) is 5.91 Å². The Balaban J connectivity index is 1.58. The summed E-state index contributed by atoms with van der Waals surface area (Å²) in [6, 6.07) is 14.4. The van der Waals surface area contributed by atoms with E-state index in [0.717, 1.165) is 0 Å². The van der Waals surface area contributed by atoms with Gasteiger partial charge in [0.15, 0.2) is 11.6 Å². The van der Waals surface area contributed by atoms with E-state index >= 15 is 0 Å². The fraction of sp³-hybridized carbons (Fsp3) is 0.125. The van der Waals surface area contributed by atoms with E-state index in [1.54, 1.807) is 48.7 Å². The number of benzene rings is 2. The largest absolute Gasteiger partial charge is 0.453 e. The number of carbonyl (C=O) groups excluding carboxylic acids is 2. The van der Waals surface area contributed by atoms with E-state index in [9.17, 15) is 14.0 Å². The normalized spacial score (nSPS) is 10.8. The quantitative estimate of drug-likeness (QED) is 0.539. The van der Waals surface area contributed by atoms with Crippen LogP contribution in [0.3, 0.4) is 0 Å². The van der Waals surface area contributed by atoms with Gasteiger partial charge in [-0.15, -0.1) is 0 Å². The number of anilines is 1. The number of carbonyl (C=O) groups is 2. The molecule has 6 nitrogen and oxygen atoms in total. The zero-order valence-corrected chi connectivity index (χ0v) is 17.1. The second-order valence-electron chi connectivity index (χ2n) is 7.01. The average molecular weight is 419 g/mol. The van der Waals surface area contributed by atoms with Crippen LogP contribution >= 0.6 is 0 Å². The third-order valence-corrected chi connectivity index (χ3v) is 4.08. The summed E-state index contributed by atoms with van der Waals surface area (Å²) in [5, 5.41) is 5.49. The first kappa shape index (κ1) is 21.7. The van der Waals surface area contributed by atoms with Crippen molar-refractivity contribution >= 4 is 23.6 Å². The smallest absolute Gasteiger partial charge is 0.251 e. The number of aromatic nitrogens is 1. The van der Waals surface area contributed by atoms with E-state index in [1.165, 1.54) is 30.5 Å². The molecule has 0 aliphatic rings. The molecule has 0 aliphatic heterocycles. The highest BCUT2D eigenvalue weighted by Gasteiger charge is 2.08. The van der Waals surface area contributed by atoms with Crippen LogP contribution in [-0.2, 0) is 4.79 Å². The summed E-state index contributed by atoms with van der Waals surface area (Å²) in [6.07, 6.45) is 5.88. The zero-order valence-electron chi connectivity index (χ0n) is 17.1. The lowest BCUT2D eigenvalue weighted by Crippen LogP contribution is -2.29. The van der Waals surface area contributed by atoms with Crippen LogP contribution in [0, 0.1) is 5.82 Å². The van der Waals surface area contributed by atoms with Crippen LogP contribution in [0.4, 0.5) is 10.1 Å². The van der Waals surface area contributed by atoms with Gasteiger partial charge in [-0.2, -0.15) is 0 Å². The predicted molar refractivity (Wildman–Crippen MR) is 117 cm³/mol. The van der Waals surface area contributed by atoms with Gasteiger partial charge in [-0.3, -0.25) is 14.6 Å². The second-order valence-corrected chi connectivity index (χ2v) is 7.01. The van der Waals surface area contributed by atoms with Crippen molar-refractivity contribution in [2.75, 3.05) is 5.32 Å². The first-order valence-corrected chi connectivity index (χ1v) is 9.68. The number of pyridine rings is 1. The lowest BCUT2D eigenvalue weighted by atomic mass is 10.1. The Hall–Kier alpha value is -4.00. The van der Waals surface area contributed by atoms with Gasteiger partial charge in [-0.25, -0.2) is 4.39 Å². The molecular weight excluding hydrogens is 397 g/mol. The van der Waals surface area contributed by atoms with Crippen LogP contribution in [0.15, 0.2) is 73.1 Å². The lowest BCUT2D eigenvalue weighted by molar-refractivity contribution is -0.111. The molecule has 0 fully saturated rings. The highest BCUT2D eigenvalue weighted by molar-refractivity contribution is 6.02. The van der Waals surface area contributed by atoms with Crippen LogP contribution in [0.2, 0.25) is 0 Å². The molecule has 0 bridgehead atoms. The molecule has 7 heteroatoms. The number of hydrogen-bond donors (Lipinski definition) is 2. The Bertz CT molecular complexity index is 1080. The van der Waals surface area contributed by atoms with Crippen LogP contribution in [0.25, 0.3) is 6.08 Å². The minimum atomic E-state index is -0.554. The maximum absolute atomic E-state index is 14.3. The molecule has 0 saturated carbocycles. The van der Waals surface area contributed by atoms with E-state index < -0.39 is 5.82 Å². The third-order valence-electron chi connectivity index (χ3n) is 4.08. The Morgan fingerprint density at radius 2 is 1.87 bits per heavy atom. The van der Waals surface area contributed by atoms with E-state index in [0.29, 0.717) is 22.6 Å². The first-order valence-electron chi connectivity index (χ1n) is 9.68. The Labute approximate surface area is 179 Å². The molecule has 2 N–H and O–H groups in total. The zero-order chi connectivity index (χ0) is 22.2. The number of rotatable bonds is 7. The van der Waals surface area contributed by atoms with Crippen molar-refractivity contribution in [1.29, 1.82) is 0 Å². The molecule has 0 spiro atoms. The Kier molecular flexibility index (Phi) is 7.11. The number of amides is 2. The van der Waals surface area contributed by atoms with Crippen molar-refractivity contribution in [2.45, 2.75) is 19.9 Å². The van der Waals surface area contributed by atoms with Gasteiger partial charge in [0, 0.05) is 29.6 Å². The molecule has 0 saturated heterocycles. The highest BCUT2D eigenvalue weighted by atomic mass is 19.1. The molecule has 0 unspecified atom stereocenters.